The van der Waals surface area contributed by atoms with Crippen LogP contribution in [0.15, 0.2) is 48.5 Å². The van der Waals surface area contributed by atoms with Gasteiger partial charge in [-0.05, 0) is 35.7 Å². The summed E-state index contributed by atoms with van der Waals surface area (Å²) >= 11 is 5.91. The van der Waals surface area contributed by atoms with Gasteiger partial charge in [0.25, 0.3) is 0 Å². The molecule has 0 bridgehead atoms. The number of benzene rings is 2. The summed E-state index contributed by atoms with van der Waals surface area (Å²) in [5.74, 6) is -1.98. The van der Waals surface area contributed by atoms with Crippen LogP contribution in [-0.2, 0) is 14.3 Å². The predicted molar refractivity (Wildman–Crippen MR) is 103 cm³/mol. The Morgan fingerprint density at radius 1 is 1.14 bits per heavy atom. The van der Waals surface area contributed by atoms with Gasteiger partial charge in [0.2, 0.25) is 6.10 Å². The summed E-state index contributed by atoms with van der Waals surface area (Å²) in [6.45, 7) is 3.27. The summed E-state index contributed by atoms with van der Waals surface area (Å²) in [7, 11) is 0. The number of carbonyl (C=O) groups excluding carboxylic acids is 1. The quantitative estimate of drug-likeness (QED) is 0.660. The molecular formula is C21H20ClNO5. The van der Waals surface area contributed by atoms with Crippen molar-refractivity contribution in [2.75, 3.05) is 6.61 Å². The van der Waals surface area contributed by atoms with Gasteiger partial charge in [0.15, 0.2) is 6.61 Å². The van der Waals surface area contributed by atoms with Crippen molar-refractivity contribution in [3.63, 3.8) is 0 Å². The van der Waals surface area contributed by atoms with E-state index in [0.29, 0.717) is 10.6 Å². The van der Waals surface area contributed by atoms with E-state index in [9.17, 15) is 14.9 Å². The molecule has 0 radical (unpaired) electrons. The maximum absolute atomic E-state index is 12.8. The Bertz CT molecular complexity index is 873. The molecule has 2 rings (SSSR count). The number of carboxylic acids is 1. The lowest BCUT2D eigenvalue weighted by atomic mass is 9.88. The molecule has 0 aliphatic heterocycles. The third-order valence-electron chi connectivity index (χ3n) is 4.02. The minimum atomic E-state index is -1.14. The molecule has 2 atom stereocenters. The van der Waals surface area contributed by atoms with Gasteiger partial charge in [0.1, 0.15) is 11.8 Å². The number of halogens is 1. The van der Waals surface area contributed by atoms with Crippen molar-refractivity contribution in [2.45, 2.75) is 25.9 Å². The maximum Gasteiger partial charge on any atom is 0.341 e. The van der Waals surface area contributed by atoms with Gasteiger partial charge < -0.3 is 14.6 Å². The van der Waals surface area contributed by atoms with Crippen LogP contribution in [0.2, 0.25) is 5.02 Å². The van der Waals surface area contributed by atoms with Crippen LogP contribution in [0.4, 0.5) is 0 Å². The minimum Gasteiger partial charge on any atom is -0.482 e. The van der Waals surface area contributed by atoms with Gasteiger partial charge in [0.05, 0.1) is 5.92 Å². The Labute approximate surface area is 168 Å². The molecule has 28 heavy (non-hydrogen) atoms. The SMILES string of the molecule is CC(C)[C@H](C(=O)OC(C#N)c1cccc(OCC(=O)O)c1)c1ccc(Cl)cc1. The highest BCUT2D eigenvalue weighted by molar-refractivity contribution is 6.30. The first-order chi connectivity index (χ1) is 13.3. The molecule has 0 saturated heterocycles. The monoisotopic (exact) mass is 401 g/mol. The van der Waals surface area contributed by atoms with Crippen molar-refractivity contribution in [2.24, 2.45) is 5.92 Å². The first kappa shape index (κ1) is 21.3. The topological polar surface area (TPSA) is 96.6 Å². The molecule has 0 aliphatic carbocycles. The minimum absolute atomic E-state index is 0.0572. The molecule has 0 spiro atoms. The Morgan fingerprint density at radius 3 is 2.39 bits per heavy atom. The maximum atomic E-state index is 12.8. The van der Waals surface area contributed by atoms with E-state index in [2.05, 4.69) is 0 Å². The largest absolute Gasteiger partial charge is 0.482 e. The third-order valence-corrected chi connectivity index (χ3v) is 4.28. The average molecular weight is 402 g/mol. The molecule has 2 aromatic carbocycles. The molecule has 0 aromatic heterocycles. The molecule has 0 amide bonds. The van der Waals surface area contributed by atoms with E-state index in [0.717, 1.165) is 5.56 Å². The van der Waals surface area contributed by atoms with Crippen LogP contribution in [0.25, 0.3) is 0 Å². The van der Waals surface area contributed by atoms with Crippen LogP contribution in [0.1, 0.15) is 37.0 Å². The zero-order valence-corrected chi connectivity index (χ0v) is 16.2. The Morgan fingerprint density at radius 2 is 1.82 bits per heavy atom. The average Bonchev–Trinajstić information content (AvgIpc) is 2.66. The van der Waals surface area contributed by atoms with E-state index >= 15 is 0 Å². The Balaban J connectivity index is 2.19. The number of aliphatic carboxylic acids is 1. The molecule has 0 aliphatic rings. The highest BCUT2D eigenvalue weighted by atomic mass is 35.5. The summed E-state index contributed by atoms with van der Waals surface area (Å²) in [5.41, 5.74) is 1.15. The van der Waals surface area contributed by atoms with Crippen LogP contribution < -0.4 is 4.74 Å². The molecule has 0 heterocycles. The highest BCUT2D eigenvalue weighted by Crippen LogP contribution is 2.30. The van der Waals surface area contributed by atoms with Crippen molar-refractivity contribution in [3.05, 3.63) is 64.7 Å². The Kier molecular flexibility index (Phi) is 7.42. The van der Waals surface area contributed by atoms with Crippen molar-refractivity contribution >= 4 is 23.5 Å². The lowest BCUT2D eigenvalue weighted by Crippen LogP contribution is -2.22. The molecule has 6 nitrogen and oxygen atoms in total. The smallest absolute Gasteiger partial charge is 0.341 e. The normalized spacial score (nSPS) is 12.7. The van der Waals surface area contributed by atoms with E-state index in [1.54, 1.807) is 42.5 Å². The van der Waals surface area contributed by atoms with Gasteiger partial charge in [-0.1, -0.05) is 49.7 Å². The number of rotatable bonds is 8. The highest BCUT2D eigenvalue weighted by Gasteiger charge is 2.28. The number of hydrogen-bond acceptors (Lipinski definition) is 5. The first-order valence-electron chi connectivity index (χ1n) is 8.62. The van der Waals surface area contributed by atoms with Gasteiger partial charge >= 0.3 is 11.9 Å². The molecule has 1 N–H and O–H groups in total. The summed E-state index contributed by atoms with van der Waals surface area (Å²) in [6.07, 6.45) is -1.14. The van der Waals surface area contributed by atoms with E-state index in [1.807, 2.05) is 19.9 Å². The Hall–Kier alpha value is -3.04. The van der Waals surface area contributed by atoms with Crippen molar-refractivity contribution in [1.82, 2.24) is 0 Å². The van der Waals surface area contributed by atoms with E-state index in [-0.39, 0.29) is 11.7 Å². The van der Waals surface area contributed by atoms with Gasteiger partial charge in [-0.15, -0.1) is 0 Å². The summed E-state index contributed by atoms with van der Waals surface area (Å²) < 4.78 is 10.6. The van der Waals surface area contributed by atoms with Crippen molar-refractivity contribution in [3.8, 4) is 11.8 Å². The zero-order chi connectivity index (χ0) is 20.7. The van der Waals surface area contributed by atoms with Crippen LogP contribution in [0, 0.1) is 17.2 Å². The number of nitriles is 1. The van der Waals surface area contributed by atoms with Crippen molar-refractivity contribution in [1.29, 1.82) is 5.26 Å². The molecule has 0 fully saturated rings. The lowest BCUT2D eigenvalue weighted by Gasteiger charge is -2.22. The summed E-state index contributed by atoms with van der Waals surface area (Å²) in [6, 6.07) is 15.1. The van der Waals surface area contributed by atoms with Gasteiger partial charge in [-0.2, -0.15) is 5.26 Å². The molecule has 2 aromatic rings. The van der Waals surface area contributed by atoms with Crippen LogP contribution in [0.3, 0.4) is 0 Å². The molecular weight excluding hydrogens is 382 g/mol. The number of carboxylic acid groups (broad SMARTS) is 1. The van der Waals surface area contributed by atoms with Gasteiger partial charge in [-0.25, -0.2) is 4.79 Å². The number of carbonyl (C=O) groups is 2. The zero-order valence-electron chi connectivity index (χ0n) is 15.5. The standard InChI is InChI=1S/C21H20ClNO5/c1-13(2)20(14-6-8-16(22)9-7-14)21(26)28-18(11-23)15-4-3-5-17(10-15)27-12-19(24)25/h3-10,13,18,20H,12H2,1-2H3,(H,24,25)/t18?,20-/m0/s1. The fourth-order valence-electron chi connectivity index (χ4n) is 2.73. The first-order valence-corrected chi connectivity index (χ1v) is 8.99. The molecule has 0 saturated carbocycles. The molecule has 7 heteroatoms. The lowest BCUT2D eigenvalue weighted by molar-refractivity contribution is -0.150. The van der Waals surface area contributed by atoms with E-state index < -0.39 is 30.6 Å². The second-order valence-corrected chi connectivity index (χ2v) is 6.91. The molecule has 146 valence electrons. The predicted octanol–water partition coefficient (Wildman–Crippen LogP) is 4.35. The van der Waals surface area contributed by atoms with Crippen molar-refractivity contribution < 1.29 is 24.2 Å². The molecule has 1 unspecified atom stereocenters. The van der Waals surface area contributed by atoms with Gasteiger partial charge in [-0.3, -0.25) is 4.79 Å². The number of esters is 1. The fraction of sp³-hybridized carbons (Fsp3) is 0.286. The number of nitrogens with zero attached hydrogens (tertiary/aromatic N) is 1. The number of hydrogen-bond donors (Lipinski definition) is 1. The summed E-state index contributed by atoms with van der Waals surface area (Å²) in [5, 5.41) is 18.7. The number of ether oxygens (including phenoxy) is 2. The second-order valence-electron chi connectivity index (χ2n) is 6.47. The van der Waals surface area contributed by atoms with E-state index in [4.69, 9.17) is 26.2 Å². The van der Waals surface area contributed by atoms with Crippen LogP contribution in [-0.4, -0.2) is 23.7 Å². The van der Waals surface area contributed by atoms with Crippen LogP contribution >= 0.6 is 11.6 Å². The fourth-order valence-corrected chi connectivity index (χ4v) is 2.86. The second kappa shape index (κ2) is 9.77. The van der Waals surface area contributed by atoms with Crippen LogP contribution in [0.5, 0.6) is 5.75 Å². The van der Waals surface area contributed by atoms with E-state index in [1.165, 1.54) is 6.07 Å². The van der Waals surface area contributed by atoms with Gasteiger partial charge in [0, 0.05) is 10.6 Å². The summed E-state index contributed by atoms with van der Waals surface area (Å²) in [4.78, 5) is 23.4. The third kappa shape index (κ3) is 5.73.